The van der Waals surface area contributed by atoms with Crippen LogP contribution in [0.15, 0.2) is 18.2 Å². The van der Waals surface area contributed by atoms with Gasteiger partial charge in [-0.05, 0) is 50.6 Å². The van der Waals surface area contributed by atoms with Crippen LogP contribution >= 0.6 is 23.2 Å². The van der Waals surface area contributed by atoms with Gasteiger partial charge in [0.05, 0.1) is 11.0 Å². The van der Waals surface area contributed by atoms with Gasteiger partial charge in [-0.3, -0.25) is 0 Å². The molecule has 1 aliphatic rings. The summed E-state index contributed by atoms with van der Waals surface area (Å²) in [5, 5.41) is 0.738. The first kappa shape index (κ1) is 15.1. The van der Waals surface area contributed by atoms with Crippen LogP contribution in [0.5, 0.6) is 0 Å². The first-order chi connectivity index (χ1) is 10.2. The number of hydrogen-bond donors (Lipinski definition) is 0. The number of rotatable bonds is 4. The van der Waals surface area contributed by atoms with Crippen LogP contribution in [-0.4, -0.2) is 40.5 Å². The normalized spacial score (nSPS) is 20.2. The van der Waals surface area contributed by atoms with Crippen LogP contribution in [0.2, 0.25) is 5.02 Å². The minimum atomic E-state index is 0.599. The van der Waals surface area contributed by atoms with E-state index in [4.69, 9.17) is 28.2 Å². The van der Waals surface area contributed by atoms with Gasteiger partial charge in [0.25, 0.3) is 0 Å². The molecule has 0 saturated carbocycles. The molecule has 3 rings (SSSR count). The van der Waals surface area contributed by atoms with Crippen molar-refractivity contribution in [2.24, 2.45) is 5.92 Å². The summed E-state index contributed by atoms with van der Waals surface area (Å²) in [5.74, 6) is 2.36. The zero-order valence-electron chi connectivity index (χ0n) is 12.4. The Morgan fingerprint density at radius 3 is 3.00 bits per heavy atom. The van der Waals surface area contributed by atoms with E-state index >= 15 is 0 Å². The molecule has 1 atom stereocenters. The van der Waals surface area contributed by atoms with Crippen molar-refractivity contribution in [1.29, 1.82) is 0 Å². The van der Waals surface area contributed by atoms with E-state index in [0.29, 0.717) is 11.8 Å². The second-order valence-electron chi connectivity index (χ2n) is 5.98. The molecule has 3 nitrogen and oxygen atoms in total. The number of likely N-dealkylation sites (tertiary alicyclic amines) is 1. The van der Waals surface area contributed by atoms with Crippen molar-refractivity contribution < 1.29 is 0 Å². The lowest BCUT2D eigenvalue weighted by Gasteiger charge is -2.30. The van der Waals surface area contributed by atoms with Gasteiger partial charge < -0.3 is 9.47 Å². The van der Waals surface area contributed by atoms with Crippen LogP contribution in [0.1, 0.15) is 18.7 Å². The fourth-order valence-electron chi connectivity index (χ4n) is 3.31. The molecule has 1 aliphatic heterocycles. The molecule has 0 aliphatic carbocycles. The molecule has 1 saturated heterocycles. The van der Waals surface area contributed by atoms with E-state index in [0.717, 1.165) is 35.9 Å². The summed E-state index contributed by atoms with van der Waals surface area (Å²) >= 11 is 12.0. The lowest BCUT2D eigenvalue weighted by Crippen LogP contribution is -2.34. The maximum absolute atomic E-state index is 6.09. The highest BCUT2D eigenvalue weighted by molar-refractivity contribution is 6.31. The van der Waals surface area contributed by atoms with Crippen molar-refractivity contribution in [2.75, 3.05) is 26.0 Å². The maximum atomic E-state index is 6.09. The Morgan fingerprint density at radius 1 is 1.38 bits per heavy atom. The van der Waals surface area contributed by atoms with Crippen LogP contribution in [-0.2, 0) is 13.0 Å². The van der Waals surface area contributed by atoms with Crippen LogP contribution in [0, 0.1) is 5.92 Å². The van der Waals surface area contributed by atoms with Gasteiger partial charge in [0.15, 0.2) is 0 Å². The zero-order valence-corrected chi connectivity index (χ0v) is 13.9. The van der Waals surface area contributed by atoms with E-state index in [1.54, 1.807) is 0 Å². The van der Waals surface area contributed by atoms with Crippen LogP contribution < -0.4 is 0 Å². The molecule has 2 aromatic rings. The van der Waals surface area contributed by atoms with Crippen LogP contribution in [0.25, 0.3) is 11.0 Å². The average molecular weight is 326 g/mol. The number of aryl methyl sites for hydroxylation is 1. The lowest BCUT2D eigenvalue weighted by molar-refractivity contribution is 0.194. The molecule has 21 heavy (non-hydrogen) atoms. The van der Waals surface area contributed by atoms with Gasteiger partial charge in [0.2, 0.25) is 0 Å². The van der Waals surface area contributed by atoms with Gasteiger partial charge in [-0.2, -0.15) is 0 Å². The van der Waals surface area contributed by atoms with E-state index in [9.17, 15) is 0 Å². The van der Waals surface area contributed by atoms with Gasteiger partial charge in [-0.1, -0.05) is 11.6 Å². The third-order valence-electron chi connectivity index (χ3n) is 4.27. The maximum Gasteiger partial charge on any atom is 0.111 e. The Morgan fingerprint density at radius 2 is 2.24 bits per heavy atom. The molecule has 0 bridgehead atoms. The fourth-order valence-corrected chi connectivity index (χ4v) is 3.65. The Labute approximate surface area is 135 Å². The van der Waals surface area contributed by atoms with E-state index < -0.39 is 0 Å². The van der Waals surface area contributed by atoms with Crippen molar-refractivity contribution in [3.63, 3.8) is 0 Å². The fraction of sp³-hybridized carbons (Fsp3) is 0.562. The van der Waals surface area contributed by atoms with Crippen molar-refractivity contribution >= 4 is 34.2 Å². The summed E-state index contributed by atoms with van der Waals surface area (Å²) < 4.78 is 2.35. The number of fused-ring (bicyclic) bond motifs is 1. The Bertz CT molecular complexity index is 623. The molecule has 2 heterocycles. The Balaban J connectivity index is 1.93. The monoisotopic (exact) mass is 325 g/mol. The van der Waals surface area contributed by atoms with Gasteiger partial charge in [-0.25, -0.2) is 4.98 Å². The van der Waals surface area contributed by atoms with E-state index in [1.807, 2.05) is 12.1 Å². The molecule has 1 aromatic carbocycles. The van der Waals surface area contributed by atoms with Crippen LogP contribution in [0.3, 0.4) is 0 Å². The summed E-state index contributed by atoms with van der Waals surface area (Å²) in [6, 6.07) is 5.96. The summed E-state index contributed by atoms with van der Waals surface area (Å²) in [6.07, 6.45) is 3.37. The third-order valence-corrected chi connectivity index (χ3v) is 4.69. The van der Waals surface area contributed by atoms with Crippen molar-refractivity contribution in [1.82, 2.24) is 14.5 Å². The van der Waals surface area contributed by atoms with Gasteiger partial charge in [0.1, 0.15) is 5.82 Å². The highest BCUT2D eigenvalue weighted by Gasteiger charge is 2.20. The number of alkyl halides is 1. The van der Waals surface area contributed by atoms with Crippen molar-refractivity contribution in [3.8, 4) is 0 Å². The molecule has 0 radical (unpaired) electrons. The molecule has 1 unspecified atom stereocenters. The van der Waals surface area contributed by atoms with E-state index in [2.05, 4.69) is 22.6 Å². The SMILES string of the molecule is CN1CCCC(Cn2c(CCCl)nc3cc(Cl)ccc32)C1. The standard InChI is InChI=1S/C16H21Cl2N3/c1-20-8-2-3-12(10-20)11-21-15-5-4-13(18)9-14(15)19-16(21)6-7-17/h4-5,9,12H,2-3,6-8,10-11H2,1H3. The number of halogens is 2. The van der Waals surface area contributed by atoms with E-state index in [-0.39, 0.29) is 0 Å². The molecule has 114 valence electrons. The molecule has 5 heteroatoms. The Hall–Kier alpha value is -0.770. The molecule has 1 fully saturated rings. The highest BCUT2D eigenvalue weighted by atomic mass is 35.5. The quantitative estimate of drug-likeness (QED) is 0.797. The third kappa shape index (κ3) is 3.36. The first-order valence-electron chi connectivity index (χ1n) is 7.56. The molecule has 0 amide bonds. The van der Waals surface area contributed by atoms with Gasteiger partial charge in [-0.15, -0.1) is 11.6 Å². The average Bonchev–Trinajstić information content (AvgIpc) is 2.76. The second-order valence-corrected chi connectivity index (χ2v) is 6.80. The minimum Gasteiger partial charge on any atom is -0.328 e. The highest BCUT2D eigenvalue weighted by Crippen LogP contribution is 2.24. The first-order valence-corrected chi connectivity index (χ1v) is 8.48. The minimum absolute atomic E-state index is 0.599. The van der Waals surface area contributed by atoms with Crippen molar-refractivity contribution in [3.05, 3.63) is 29.0 Å². The predicted molar refractivity (Wildman–Crippen MR) is 89.4 cm³/mol. The number of benzene rings is 1. The summed E-state index contributed by atoms with van der Waals surface area (Å²) in [7, 11) is 2.21. The molecule has 0 spiro atoms. The molecular formula is C16H21Cl2N3. The van der Waals surface area contributed by atoms with Crippen LogP contribution in [0.4, 0.5) is 0 Å². The molecular weight excluding hydrogens is 305 g/mol. The lowest BCUT2D eigenvalue weighted by atomic mass is 9.98. The van der Waals surface area contributed by atoms with Crippen molar-refractivity contribution in [2.45, 2.75) is 25.8 Å². The van der Waals surface area contributed by atoms with Gasteiger partial charge >= 0.3 is 0 Å². The topological polar surface area (TPSA) is 21.1 Å². The number of aromatic nitrogens is 2. The number of nitrogens with zero attached hydrogens (tertiary/aromatic N) is 3. The zero-order chi connectivity index (χ0) is 14.8. The molecule has 1 aromatic heterocycles. The Kier molecular flexibility index (Phi) is 4.72. The van der Waals surface area contributed by atoms with E-state index in [1.165, 1.54) is 24.9 Å². The smallest absolute Gasteiger partial charge is 0.111 e. The number of piperidine rings is 1. The summed E-state index contributed by atoms with van der Waals surface area (Å²) in [6.45, 7) is 3.40. The number of imidazole rings is 1. The largest absolute Gasteiger partial charge is 0.328 e. The predicted octanol–water partition coefficient (Wildman–Crippen LogP) is 3.81. The van der Waals surface area contributed by atoms with Gasteiger partial charge in [0, 0.05) is 30.4 Å². The summed E-state index contributed by atoms with van der Waals surface area (Å²) in [4.78, 5) is 7.15. The number of hydrogen-bond acceptors (Lipinski definition) is 2. The second kappa shape index (κ2) is 6.55. The molecule has 0 N–H and O–H groups in total. The summed E-state index contributed by atoms with van der Waals surface area (Å²) in [5.41, 5.74) is 2.15.